The number of amides is 1. The molecule has 29 heavy (non-hydrogen) atoms. The number of benzene rings is 1. The van der Waals surface area contributed by atoms with E-state index in [0.29, 0.717) is 18.8 Å². The maximum absolute atomic E-state index is 13.3. The summed E-state index contributed by atoms with van der Waals surface area (Å²) >= 11 is 0. The number of aromatic amines is 1. The average molecular weight is 390 g/mol. The van der Waals surface area contributed by atoms with Gasteiger partial charge in [0.05, 0.1) is 30.6 Å². The minimum Gasteiger partial charge on any atom is -0.395 e. The van der Waals surface area contributed by atoms with Crippen molar-refractivity contribution in [3.63, 3.8) is 0 Å². The first-order valence-corrected chi connectivity index (χ1v) is 9.51. The first-order chi connectivity index (χ1) is 14.2. The van der Waals surface area contributed by atoms with E-state index < -0.39 is 0 Å². The Kier molecular flexibility index (Phi) is 5.35. The number of aliphatic hydroxyl groups excluding tert-OH is 1. The molecule has 0 aliphatic carbocycles. The van der Waals surface area contributed by atoms with Gasteiger partial charge in [0.15, 0.2) is 5.69 Å². The molecule has 148 valence electrons. The summed E-state index contributed by atoms with van der Waals surface area (Å²) < 4.78 is 1.82. The van der Waals surface area contributed by atoms with Crippen LogP contribution < -0.4 is 0 Å². The Hall–Kier alpha value is -3.52. The fourth-order valence-electron chi connectivity index (χ4n) is 3.37. The van der Waals surface area contributed by atoms with Crippen molar-refractivity contribution >= 4 is 16.8 Å². The van der Waals surface area contributed by atoms with Crippen molar-refractivity contribution in [1.82, 2.24) is 29.9 Å². The van der Waals surface area contributed by atoms with E-state index in [9.17, 15) is 9.90 Å². The molecule has 0 unspecified atom stereocenters. The molecule has 3 heterocycles. The number of rotatable bonds is 7. The molecule has 4 rings (SSSR count). The number of pyridine rings is 1. The Bertz CT molecular complexity index is 1110. The van der Waals surface area contributed by atoms with E-state index in [2.05, 4.69) is 20.3 Å². The van der Waals surface area contributed by atoms with Gasteiger partial charge in [-0.15, -0.1) is 0 Å². The number of carbonyl (C=O) groups is 1. The zero-order valence-corrected chi connectivity index (χ0v) is 16.1. The van der Waals surface area contributed by atoms with Crippen LogP contribution in [-0.2, 0) is 13.1 Å². The molecule has 0 aliphatic rings. The van der Waals surface area contributed by atoms with Crippen LogP contribution in [0, 0.1) is 0 Å². The van der Waals surface area contributed by atoms with E-state index in [-0.39, 0.29) is 19.1 Å². The van der Waals surface area contributed by atoms with Gasteiger partial charge in [-0.25, -0.2) is 0 Å². The summed E-state index contributed by atoms with van der Waals surface area (Å²) in [6.45, 7) is 3.02. The third-order valence-electron chi connectivity index (χ3n) is 4.82. The highest BCUT2D eigenvalue weighted by atomic mass is 16.3. The maximum atomic E-state index is 13.3. The summed E-state index contributed by atoms with van der Waals surface area (Å²) in [6, 6.07) is 11.5. The standard InChI is InChI=1S/C21H22N6O2/c1-2-27-19-11-15(16-12-23-24-13-16)6-7-18(19)20(25-27)21(29)26(9-10-28)14-17-5-3-4-8-22-17/h3-8,11-13,28H,2,9-10,14H2,1H3,(H,23,24). The van der Waals surface area contributed by atoms with Gasteiger partial charge in [0.25, 0.3) is 5.91 Å². The van der Waals surface area contributed by atoms with Crippen LogP contribution in [-0.4, -0.2) is 54.0 Å². The third-order valence-corrected chi connectivity index (χ3v) is 4.82. The zero-order valence-electron chi connectivity index (χ0n) is 16.1. The second kappa shape index (κ2) is 8.24. The molecule has 1 aromatic carbocycles. The number of H-pyrrole nitrogens is 1. The van der Waals surface area contributed by atoms with Crippen LogP contribution in [0.3, 0.4) is 0 Å². The van der Waals surface area contributed by atoms with Crippen molar-refractivity contribution in [3.8, 4) is 11.1 Å². The quantitative estimate of drug-likeness (QED) is 0.505. The van der Waals surface area contributed by atoms with E-state index in [1.807, 2.05) is 54.2 Å². The summed E-state index contributed by atoms with van der Waals surface area (Å²) in [7, 11) is 0. The molecule has 0 saturated heterocycles. The lowest BCUT2D eigenvalue weighted by atomic mass is 10.1. The largest absolute Gasteiger partial charge is 0.395 e. The van der Waals surface area contributed by atoms with Gasteiger partial charge in [0.2, 0.25) is 0 Å². The van der Waals surface area contributed by atoms with Crippen LogP contribution in [0.5, 0.6) is 0 Å². The topological polar surface area (TPSA) is 99.9 Å². The van der Waals surface area contributed by atoms with Crippen molar-refractivity contribution in [2.24, 2.45) is 0 Å². The molecule has 0 atom stereocenters. The third kappa shape index (κ3) is 3.74. The number of hydrogen-bond donors (Lipinski definition) is 2. The molecule has 0 aliphatic heterocycles. The lowest BCUT2D eigenvalue weighted by molar-refractivity contribution is 0.0700. The van der Waals surface area contributed by atoms with E-state index >= 15 is 0 Å². The summed E-state index contributed by atoms with van der Waals surface area (Å²) in [4.78, 5) is 19.2. The number of nitrogens with one attached hydrogen (secondary N) is 1. The lowest BCUT2D eigenvalue weighted by Crippen LogP contribution is -2.33. The van der Waals surface area contributed by atoms with Crippen molar-refractivity contribution in [2.75, 3.05) is 13.2 Å². The summed E-state index contributed by atoms with van der Waals surface area (Å²) in [5.41, 5.74) is 4.00. The van der Waals surface area contributed by atoms with Crippen LogP contribution in [0.4, 0.5) is 0 Å². The van der Waals surface area contributed by atoms with Crippen LogP contribution in [0.2, 0.25) is 0 Å². The Balaban J connectivity index is 1.72. The molecule has 0 saturated carbocycles. The predicted molar refractivity (Wildman–Crippen MR) is 109 cm³/mol. The number of aromatic nitrogens is 5. The smallest absolute Gasteiger partial charge is 0.275 e. The van der Waals surface area contributed by atoms with Crippen LogP contribution >= 0.6 is 0 Å². The van der Waals surface area contributed by atoms with Crippen molar-refractivity contribution < 1.29 is 9.90 Å². The molecule has 0 fully saturated rings. The molecule has 3 aromatic heterocycles. The monoisotopic (exact) mass is 390 g/mol. The van der Waals surface area contributed by atoms with Gasteiger partial charge in [0, 0.05) is 36.4 Å². The fraction of sp³-hybridized carbons (Fsp3) is 0.238. The Morgan fingerprint density at radius 1 is 1.24 bits per heavy atom. The van der Waals surface area contributed by atoms with Gasteiger partial charge < -0.3 is 10.0 Å². The molecule has 8 nitrogen and oxygen atoms in total. The molecule has 2 N–H and O–H groups in total. The lowest BCUT2D eigenvalue weighted by Gasteiger charge is -2.20. The predicted octanol–water partition coefficient (Wildman–Crippen LogP) is 2.48. The summed E-state index contributed by atoms with van der Waals surface area (Å²) in [6.07, 6.45) is 5.28. The normalized spacial score (nSPS) is 11.1. The van der Waals surface area contributed by atoms with E-state index in [1.165, 1.54) is 0 Å². The van der Waals surface area contributed by atoms with Crippen LogP contribution in [0.25, 0.3) is 22.0 Å². The van der Waals surface area contributed by atoms with E-state index in [1.54, 1.807) is 17.3 Å². The highest BCUT2D eigenvalue weighted by Gasteiger charge is 2.23. The molecule has 4 aromatic rings. The Morgan fingerprint density at radius 2 is 2.14 bits per heavy atom. The van der Waals surface area contributed by atoms with Gasteiger partial charge in [-0.3, -0.25) is 19.6 Å². The molecule has 8 heteroatoms. The van der Waals surface area contributed by atoms with Crippen LogP contribution in [0.15, 0.2) is 55.0 Å². The molecule has 0 bridgehead atoms. The molecular formula is C21H22N6O2. The second-order valence-corrected chi connectivity index (χ2v) is 6.65. The molecular weight excluding hydrogens is 368 g/mol. The number of fused-ring (bicyclic) bond motifs is 1. The minimum atomic E-state index is -0.224. The highest BCUT2D eigenvalue weighted by Crippen LogP contribution is 2.27. The first-order valence-electron chi connectivity index (χ1n) is 9.51. The Labute approximate surface area is 167 Å². The van der Waals surface area contributed by atoms with Gasteiger partial charge in [0.1, 0.15) is 0 Å². The average Bonchev–Trinajstić information content (AvgIpc) is 3.41. The van der Waals surface area contributed by atoms with Crippen LogP contribution in [0.1, 0.15) is 23.1 Å². The van der Waals surface area contributed by atoms with E-state index in [0.717, 1.165) is 27.7 Å². The van der Waals surface area contributed by atoms with Gasteiger partial charge in [-0.05, 0) is 36.8 Å². The Morgan fingerprint density at radius 3 is 2.83 bits per heavy atom. The number of hydrogen-bond acceptors (Lipinski definition) is 5. The van der Waals surface area contributed by atoms with Crippen molar-refractivity contribution in [3.05, 3.63) is 66.4 Å². The van der Waals surface area contributed by atoms with E-state index in [4.69, 9.17) is 0 Å². The second-order valence-electron chi connectivity index (χ2n) is 6.65. The number of carbonyl (C=O) groups excluding carboxylic acids is 1. The highest BCUT2D eigenvalue weighted by molar-refractivity contribution is 6.05. The van der Waals surface area contributed by atoms with Gasteiger partial charge in [-0.2, -0.15) is 10.2 Å². The van der Waals surface area contributed by atoms with Crippen molar-refractivity contribution in [1.29, 1.82) is 0 Å². The van der Waals surface area contributed by atoms with Gasteiger partial charge in [-0.1, -0.05) is 12.1 Å². The molecule has 0 radical (unpaired) electrons. The first kappa shape index (κ1) is 18.8. The maximum Gasteiger partial charge on any atom is 0.275 e. The fourth-order valence-corrected chi connectivity index (χ4v) is 3.37. The van der Waals surface area contributed by atoms with Crippen molar-refractivity contribution in [2.45, 2.75) is 20.0 Å². The SMILES string of the molecule is CCn1nc(C(=O)N(CCO)Cc2ccccn2)c2ccc(-c3cn[nH]c3)cc21. The zero-order chi connectivity index (χ0) is 20.2. The summed E-state index contributed by atoms with van der Waals surface area (Å²) in [5.74, 6) is -0.224. The molecule has 0 spiro atoms. The van der Waals surface area contributed by atoms with Gasteiger partial charge >= 0.3 is 0 Å². The number of nitrogens with zero attached hydrogens (tertiary/aromatic N) is 5. The molecule has 1 amide bonds. The number of aliphatic hydroxyl groups is 1. The summed E-state index contributed by atoms with van der Waals surface area (Å²) in [5, 5.41) is 21.6. The minimum absolute atomic E-state index is 0.129. The number of aryl methyl sites for hydroxylation is 1.